The SMILES string of the molecule is CCCCCC[C@H]1O[C@@H](CCO)/C=C\CCC1O. The zero-order valence-electron chi connectivity index (χ0n) is 11.6. The minimum Gasteiger partial charge on any atom is -0.396 e. The lowest BCUT2D eigenvalue weighted by atomic mass is 9.99. The highest BCUT2D eigenvalue weighted by atomic mass is 16.5. The fourth-order valence-electron chi connectivity index (χ4n) is 2.39. The molecule has 0 saturated heterocycles. The first-order valence-electron chi connectivity index (χ1n) is 7.39. The number of aliphatic hydroxyl groups excluding tert-OH is 2. The number of unbranched alkanes of at least 4 members (excludes halogenated alkanes) is 3. The van der Waals surface area contributed by atoms with E-state index >= 15 is 0 Å². The van der Waals surface area contributed by atoms with Gasteiger partial charge < -0.3 is 14.9 Å². The first-order chi connectivity index (χ1) is 8.77. The van der Waals surface area contributed by atoms with E-state index in [0.717, 1.165) is 25.7 Å². The van der Waals surface area contributed by atoms with Gasteiger partial charge in [-0.25, -0.2) is 0 Å². The van der Waals surface area contributed by atoms with E-state index in [1.54, 1.807) is 0 Å². The fourth-order valence-corrected chi connectivity index (χ4v) is 2.39. The molecule has 18 heavy (non-hydrogen) atoms. The second-order valence-corrected chi connectivity index (χ2v) is 5.15. The summed E-state index contributed by atoms with van der Waals surface area (Å²) in [5.41, 5.74) is 0. The van der Waals surface area contributed by atoms with Crippen LogP contribution in [-0.4, -0.2) is 35.1 Å². The van der Waals surface area contributed by atoms with Crippen molar-refractivity contribution in [2.24, 2.45) is 0 Å². The molecule has 0 aromatic carbocycles. The van der Waals surface area contributed by atoms with Crippen molar-refractivity contribution in [2.45, 2.75) is 76.6 Å². The second kappa shape index (κ2) is 9.54. The lowest BCUT2D eigenvalue weighted by molar-refractivity contribution is -0.0752. The number of allylic oxidation sites excluding steroid dienone is 1. The van der Waals surface area contributed by atoms with E-state index in [-0.39, 0.29) is 24.9 Å². The van der Waals surface area contributed by atoms with Gasteiger partial charge in [0.2, 0.25) is 0 Å². The van der Waals surface area contributed by atoms with Crippen LogP contribution in [0.2, 0.25) is 0 Å². The van der Waals surface area contributed by atoms with Gasteiger partial charge in [0.1, 0.15) is 0 Å². The van der Waals surface area contributed by atoms with Crippen molar-refractivity contribution in [3.05, 3.63) is 12.2 Å². The summed E-state index contributed by atoms with van der Waals surface area (Å²) in [6.07, 6.45) is 11.6. The first kappa shape index (κ1) is 15.7. The van der Waals surface area contributed by atoms with Gasteiger partial charge in [-0.05, 0) is 19.3 Å². The molecule has 3 atom stereocenters. The summed E-state index contributed by atoms with van der Waals surface area (Å²) in [6, 6.07) is 0. The van der Waals surface area contributed by atoms with Gasteiger partial charge in [-0.3, -0.25) is 0 Å². The normalized spacial score (nSPS) is 30.7. The molecular formula is C15H28O3. The summed E-state index contributed by atoms with van der Waals surface area (Å²) in [6.45, 7) is 2.33. The quantitative estimate of drug-likeness (QED) is 0.544. The molecule has 1 rings (SSSR count). The van der Waals surface area contributed by atoms with Crippen molar-refractivity contribution in [3.63, 3.8) is 0 Å². The molecule has 1 heterocycles. The molecule has 0 fully saturated rings. The average molecular weight is 256 g/mol. The fraction of sp³-hybridized carbons (Fsp3) is 0.867. The number of hydrogen-bond acceptors (Lipinski definition) is 3. The maximum Gasteiger partial charge on any atom is 0.0842 e. The molecule has 0 aromatic heterocycles. The Kier molecular flexibility index (Phi) is 8.31. The standard InChI is InChI=1S/C15H28O3/c1-2-3-4-5-10-15-14(17)9-7-6-8-13(18-15)11-12-16/h6,8,13-17H,2-5,7,9-12H2,1H3/b8-6-/t13-,14?,15-/m1/s1. The molecule has 0 spiro atoms. The molecule has 0 amide bonds. The Morgan fingerprint density at radius 1 is 1.22 bits per heavy atom. The monoisotopic (exact) mass is 256 g/mol. The molecule has 1 aliphatic rings. The molecule has 0 aliphatic carbocycles. The molecule has 1 unspecified atom stereocenters. The zero-order chi connectivity index (χ0) is 13.2. The Balaban J connectivity index is 2.42. The van der Waals surface area contributed by atoms with Crippen molar-refractivity contribution < 1.29 is 14.9 Å². The van der Waals surface area contributed by atoms with Gasteiger partial charge in [0.15, 0.2) is 0 Å². The first-order valence-corrected chi connectivity index (χ1v) is 7.39. The van der Waals surface area contributed by atoms with E-state index in [4.69, 9.17) is 9.84 Å². The summed E-state index contributed by atoms with van der Waals surface area (Å²) < 4.78 is 5.93. The molecule has 3 heteroatoms. The van der Waals surface area contributed by atoms with Crippen molar-refractivity contribution in [1.29, 1.82) is 0 Å². The molecule has 2 N–H and O–H groups in total. The number of hydrogen-bond donors (Lipinski definition) is 2. The summed E-state index contributed by atoms with van der Waals surface area (Å²) in [5, 5.41) is 19.1. The van der Waals surface area contributed by atoms with Crippen LogP contribution in [-0.2, 0) is 4.74 Å². The smallest absolute Gasteiger partial charge is 0.0842 e. The Hall–Kier alpha value is -0.380. The van der Waals surface area contributed by atoms with Crippen molar-refractivity contribution >= 4 is 0 Å². The molecule has 106 valence electrons. The lowest BCUT2D eigenvalue weighted by Gasteiger charge is -2.28. The van der Waals surface area contributed by atoms with E-state index in [1.165, 1.54) is 19.3 Å². The molecule has 0 bridgehead atoms. The molecule has 1 aliphatic heterocycles. The van der Waals surface area contributed by atoms with Gasteiger partial charge >= 0.3 is 0 Å². The summed E-state index contributed by atoms with van der Waals surface area (Å²) in [5.74, 6) is 0. The minimum absolute atomic E-state index is 0.0406. The van der Waals surface area contributed by atoms with E-state index in [9.17, 15) is 5.11 Å². The third kappa shape index (κ3) is 5.98. The molecule has 0 saturated carbocycles. The van der Waals surface area contributed by atoms with Gasteiger partial charge in [0.25, 0.3) is 0 Å². The van der Waals surface area contributed by atoms with Gasteiger partial charge in [-0.15, -0.1) is 0 Å². The van der Waals surface area contributed by atoms with Gasteiger partial charge in [0, 0.05) is 13.0 Å². The van der Waals surface area contributed by atoms with Gasteiger partial charge in [-0.1, -0.05) is 44.8 Å². The van der Waals surface area contributed by atoms with E-state index in [2.05, 4.69) is 13.0 Å². The number of aliphatic hydroxyl groups is 2. The summed E-state index contributed by atoms with van der Waals surface area (Å²) >= 11 is 0. The van der Waals surface area contributed by atoms with E-state index in [0.29, 0.717) is 6.42 Å². The van der Waals surface area contributed by atoms with Crippen LogP contribution in [0.5, 0.6) is 0 Å². The average Bonchev–Trinajstić information content (AvgIpc) is 2.35. The van der Waals surface area contributed by atoms with Gasteiger partial charge in [-0.2, -0.15) is 0 Å². The minimum atomic E-state index is -0.363. The maximum atomic E-state index is 10.1. The highest BCUT2D eigenvalue weighted by Crippen LogP contribution is 2.20. The Labute approximate surface area is 111 Å². The zero-order valence-corrected chi connectivity index (χ0v) is 11.6. The third-order valence-electron chi connectivity index (χ3n) is 3.51. The number of rotatable bonds is 7. The van der Waals surface area contributed by atoms with Crippen LogP contribution in [0.25, 0.3) is 0 Å². The Morgan fingerprint density at radius 3 is 2.78 bits per heavy atom. The molecular weight excluding hydrogens is 228 g/mol. The largest absolute Gasteiger partial charge is 0.396 e. The van der Waals surface area contributed by atoms with Crippen LogP contribution in [0.4, 0.5) is 0 Å². The van der Waals surface area contributed by atoms with Crippen LogP contribution in [0.3, 0.4) is 0 Å². The summed E-state index contributed by atoms with van der Waals surface area (Å²) in [7, 11) is 0. The second-order valence-electron chi connectivity index (χ2n) is 5.15. The maximum absolute atomic E-state index is 10.1. The van der Waals surface area contributed by atoms with Crippen LogP contribution in [0, 0.1) is 0 Å². The number of ether oxygens (including phenoxy) is 1. The predicted octanol–water partition coefficient (Wildman–Crippen LogP) is 2.80. The highest BCUT2D eigenvalue weighted by molar-refractivity contribution is 4.93. The highest BCUT2D eigenvalue weighted by Gasteiger charge is 2.23. The van der Waals surface area contributed by atoms with Gasteiger partial charge in [0.05, 0.1) is 18.3 Å². The van der Waals surface area contributed by atoms with Crippen molar-refractivity contribution in [3.8, 4) is 0 Å². The topological polar surface area (TPSA) is 49.7 Å². The van der Waals surface area contributed by atoms with Crippen molar-refractivity contribution in [1.82, 2.24) is 0 Å². The van der Waals surface area contributed by atoms with Crippen LogP contribution in [0.1, 0.15) is 58.3 Å². The van der Waals surface area contributed by atoms with Crippen LogP contribution in [0.15, 0.2) is 12.2 Å². The van der Waals surface area contributed by atoms with E-state index < -0.39 is 0 Å². The predicted molar refractivity (Wildman–Crippen MR) is 73.5 cm³/mol. The Bertz CT molecular complexity index is 228. The third-order valence-corrected chi connectivity index (χ3v) is 3.51. The van der Waals surface area contributed by atoms with Crippen molar-refractivity contribution in [2.75, 3.05) is 6.61 Å². The molecule has 3 nitrogen and oxygen atoms in total. The summed E-state index contributed by atoms with van der Waals surface area (Å²) in [4.78, 5) is 0. The van der Waals surface area contributed by atoms with Crippen LogP contribution >= 0.6 is 0 Å². The van der Waals surface area contributed by atoms with Crippen LogP contribution < -0.4 is 0 Å². The molecule has 0 radical (unpaired) electrons. The van der Waals surface area contributed by atoms with E-state index in [1.807, 2.05) is 6.08 Å². The lowest BCUT2D eigenvalue weighted by Crippen LogP contribution is -2.34. The Morgan fingerprint density at radius 2 is 2.06 bits per heavy atom. The molecule has 0 aromatic rings.